The molecular formula is C18H18N8O2S. The van der Waals surface area contributed by atoms with Gasteiger partial charge in [-0.05, 0) is 45.0 Å². The minimum absolute atomic E-state index is 0.0450. The molecule has 0 unspecified atom stereocenters. The predicted molar refractivity (Wildman–Crippen MR) is 106 cm³/mol. The van der Waals surface area contributed by atoms with E-state index in [0.29, 0.717) is 23.0 Å². The van der Waals surface area contributed by atoms with Crippen molar-refractivity contribution in [3.05, 3.63) is 65.9 Å². The Bertz CT molecular complexity index is 1260. The summed E-state index contributed by atoms with van der Waals surface area (Å²) in [6.07, 6.45) is 2.92. The van der Waals surface area contributed by atoms with Crippen LogP contribution in [0.15, 0.2) is 53.7 Å². The second-order valence-electron chi connectivity index (χ2n) is 6.42. The van der Waals surface area contributed by atoms with Gasteiger partial charge in [-0.3, -0.25) is 4.72 Å². The number of sulfonamides is 1. The van der Waals surface area contributed by atoms with Gasteiger partial charge in [-0.15, -0.1) is 5.10 Å². The molecule has 4 heterocycles. The van der Waals surface area contributed by atoms with Crippen LogP contribution in [0.25, 0.3) is 11.6 Å². The fourth-order valence-electron chi connectivity index (χ4n) is 2.81. The van der Waals surface area contributed by atoms with Crippen LogP contribution in [0.5, 0.6) is 0 Å². The van der Waals surface area contributed by atoms with Crippen molar-refractivity contribution in [2.45, 2.75) is 25.7 Å². The molecule has 0 aliphatic carbocycles. The smallest absolute Gasteiger partial charge is 0.263 e. The van der Waals surface area contributed by atoms with Gasteiger partial charge in [0.05, 0.1) is 23.3 Å². The highest BCUT2D eigenvalue weighted by molar-refractivity contribution is 7.92. The first-order valence-corrected chi connectivity index (χ1v) is 10.2. The van der Waals surface area contributed by atoms with Gasteiger partial charge in [-0.2, -0.15) is 20.0 Å². The Kier molecular flexibility index (Phi) is 4.59. The molecule has 4 rings (SSSR count). The highest BCUT2D eigenvalue weighted by atomic mass is 32.2. The van der Waals surface area contributed by atoms with Crippen LogP contribution < -0.4 is 4.72 Å². The van der Waals surface area contributed by atoms with E-state index in [1.165, 1.54) is 15.6 Å². The maximum Gasteiger partial charge on any atom is 0.266 e. The number of anilines is 1. The molecule has 0 aromatic carbocycles. The Morgan fingerprint density at radius 3 is 2.45 bits per heavy atom. The maximum atomic E-state index is 13.1. The summed E-state index contributed by atoms with van der Waals surface area (Å²) >= 11 is 0. The molecule has 10 nitrogen and oxygen atoms in total. The molecule has 0 saturated carbocycles. The van der Waals surface area contributed by atoms with Crippen molar-refractivity contribution in [2.24, 2.45) is 0 Å². The molecule has 0 bridgehead atoms. The monoisotopic (exact) mass is 410 g/mol. The van der Waals surface area contributed by atoms with Crippen LogP contribution in [0.3, 0.4) is 0 Å². The van der Waals surface area contributed by atoms with Crippen molar-refractivity contribution in [1.82, 2.24) is 34.7 Å². The predicted octanol–water partition coefficient (Wildman–Crippen LogP) is 1.97. The van der Waals surface area contributed by atoms with E-state index in [4.69, 9.17) is 0 Å². The molecule has 148 valence electrons. The van der Waals surface area contributed by atoms with E-state index in [9.17, 15) is 8.42 Å². The highest BCUT2D eigenvalue weighted by Crippen LogP contribution is 2.23. The lowest BCUT2D eigenvalue weighted by Gasteiger charge is -2.10. The summed E-state index contributed by atoms with van der Waals surface area (Å²) in [6.45, 7) is 5.25. The molecule has 0 aliphatic rings. The van der Waals surface area contributed by atoms with Gasteiger partial charge in [0.15, 0.2) is 11.6 Å². The van der Waals surface area contributed by atoms with Gasteiger partial charge in [-0.1, -0.05) is 6.07 Å². The molecule has 0 aliphatic heterocycles. The molecule has 4 aromatic rings. The molecule has 0 radical (unpaired) electrons. The largest absolute Gasteiger partial charge is 0.266 e. The van der Waals surface area contributed by atoms with Crippen LogP contribution in [-0.4, -0.2) is 43.2 Å². The second-order valence-corrected chi connectivity index (χ2v) is 8.07. The average molecular weight is 410 g/mol. The zero-order valence-electron chi connectivity index (χ0n) is 16.0. The Morgan fingerprint density at radius 2 is 1.76 bits per heavy atom. The summed E-state index contributed by atoms with van der Waals surface area (Å²) in [6, 6.07) is 10.4. The summed E-state index contributed by atoms with van der Waals surface area (Å²) in [4.78, 5) is 4.25. The molecule has 0 amide bonds. The van der Waals surface area contributed by atoms with Gasteiger partial charge >= 0.3 is 0 Å². The van der Waals surface area contributed by atoms with Crippen molar-refractivity contribution in [2.75, 3.05) is 4.72 Å². The van der Waals surface area contributed by atoms with E-state index in [1.807, 2.05) is 6.92 Å². The van der Waals surface area contributed by atoms with E-state index < -0.39 is 10.0 Å². The van der Waals surface area contributed by atoms with Crippen LogP contribution in [0.4, 0.5) is 5.82 Å². The normalized spacial score (nSPS) is 11.6. The lowest BCUT2D eigenvalue weighted by molar-refractivity contribution is 0.600. The second kappa shape index (κ2) is 7.09. The summed E-state index contributed by atoms with van der Waals surface area (Å²) in [5.41, 5.74) is 1.82. The number of nitrogens with zero attached hydrogens (tertiary/aromatic N) is 7. The number of aromatic nitrogens is 7. The number of hydrogen-bond donors (Lipinski definition) is 1. The van der Waals surface area contributed by atoms with Crippen molar-refractivity contribution in [1.29, 1.82) is 0 Å². The van der Waals surface area contributed by atoms with Gasteiger partial charge < -0.3 is 0 Å². The van der Waals surface area contributed by atoms with E-state index in [0.717, 1.165) is 5.69 Å². The average Bonchev–Trinajstić information content (AvgIpc) is 3.25. The van der Waals surface area contributed by atoms with Crippen molar-refractivity contribution in [3.63, 3.8) is 0 Å². The van der Waals surface area contributed by atoms with Crippen molar-refractivity contribution in [3.8, 4) is 11.6 Å². The third-order valence-electron chi connectivity index (χ3n) is 4.19. The Balaban J connectivity index is 1.71. The zero-order chi connectivity index (χ0) is 20.6. The summed E-state index contributed by atoms with van der Waals surface area (Å²) in [7, 11) is -3.93. The quantitative estimate of drug-likeness (QED) is 0.534. The molecule has 29 heavy (non-hydrogen) atoms. The van der Waals surface area contributed by atoms with Crippen LogP contribution in [0.2, 0.25) is 0 Å². The lowest BCUT2D eigenvalue weighted by Crippen LogP contribution is -2.17. The molecule has 0 spiro atoms. The lowest BCUT2D eigenvalue weighted by atomic mass is 10.4. The summed E-state index contributed by atoms with van der Waals surface area (Å²) < 4.78 is 31.6. The number of pyridine rings is 1. The molecule has 0 fully saturated rings. The van der Waals surface area contributed by atoms with Crippen molar-refractivity contribution >= 4 is 15.8 Å². The van der Waals surface area contributed by atoms with Gasteiger partial charge in [0.1, 0.15) is 10.7 Å². The van der Waals surface area contributed by atoms with Gasteiger partial charge in [0.2, 0.25) is 0 Å². The van der Waals surface area contributed by atoms with Crippen LogP contribution in [0, 0.1) is 20.8 Å². The van der Waals surface area contributed by atoms with E-state index in [1.54, 1.807) is 56.4 Å². The molecule has 0 atom stereocenters. The van der Waals surface area contributed by atoms with E-state index in [-0.39, 0.29) is 10.7 Å². The third kappa shape index (κ3) is 3.59. The fourth-order valence-corrected chi connectivity index (χ4v) is 4.00. The van der Waals surface area contributed by atoms with Gasteiger partial charge in [0, 0.05) is 12.3 Å². The standard InChI is InChI=1S/C18H18N8O2S/c1-12-7-8-17(22-21-12)26-18(10-13(2)23-26)24-29(27,28)15-11-20-25(14(15)3)16-6-4-5-9-19-16/h4-11,24H,1-3H3. The SMILES string of the molecule is Cc1ccc(-n2nc(C)cc2NS(=O)(=O)c2cnn(-c3ccccn3)c2C)nn1. The van der Waals surface area contributed by atoms with E-state index >= 15 is 0 Å². The first kappa shape index (κ1) is 18.7. The molecule has 1 N–H and O–H groups in total. The minimum Gasteiger partial charge on any atom is -0.263 e. The third-order valence-corrected chi connectivity index (χ3v) is 5.65. The Morgan fingerprint density at radius 1 is 0.931 bits per heavy atom. The molecular weight excluding hydrogens is 392 g/mol. The fraction of sp³-hybridized carbons (Fsp3) is 0.167. The Labute approximate surface area is 167 Å². The highest BCUT2D eigenvalue weighted by Gasteiger charge is 2.24. The zero-order valence-corrected chi connectivity index (χ0v) is 16.8. The molecule has 11 heteroatoms. The first-order chi connectivity index (χ1) is 13.8. The van der Waals surface area contributed by atoms with Crippen LogP contribution >= 0.6 is 0 Å². The van der Waals surface area contributed by atoms with E-state index in [2.05, 4.69) is 30.1 Å². The number of rotatable bonds is 5. The molecule has 0 saturated heterocycles. The number of hydrogen-bond acceptors (Lipinski definition) is 7. The van der Waals surface area contributed by atoms with Gasteiger partial charge in [-0.25, -0.2) is 18.1 Å². The topological polar surface area (TPSA) is 120 Å². The Hall–Kier alpha value is -3.60. The summed E-state index contributed by atoms with van der Waals surface area (Å²) in [5, 5.41) is 16.6. The maximum absolute atomic E-state index is 13.1. The van der Waals surface area contributed by atoms with Crippen molar-refractivity contribution < 1.29 is 8.42 Å². The summed E-state index contributed by atoms with van der Waals surface area (Å²) in [5.74, 6) is 1.19. The van der Waals surface area contributed by atoms with Gasteiger partial charge in [0.25, 0.3) is 10.0 Å². The number of nitrogens with one attached hydrogen (secondary N) is 1. The minimum atomic E-state index is -3.93. The number of aryl methyl sites for hydroxylation is 2. The first-order valence-electron chi connectivity index (χ1n) is 8.71. The van der Waals surface area contributed by atoms with Crippen LogP contribution in [0.1, 0.15) is 17.1 Å². The van der Waals surface area contributed by atoms with Crippen LogP contribution in [-0.2, 0) is 10.0 Å². The molecule has 4 aromatic heterocycles.